The van der Waals surface area contributed by atoms with Gasteiger partial charge < -0.3 is 10.2 Å². The van der Waals surface area contributed by atoms with Gasteiger partial charge in [-0.1, -0.05) is 13.3 Å². The average molecular weight is 339 g/mol. The van der Waals surface area contributed by atoms with Crippen molar-refractivity contribution in [3.8, 4) is 11.4 Å². The molecule has 0 saturated heterocycles. The number of hydrogen-bond acceptors (Lipinski definition) is 6. The predicted octanol–water partition coefficient (Wildman–Crippen LogP) is 2.57. The highest BCUT2D eigenvalue weighted by Crippen LogP contribution is 2.24. The molecule has 0 aliphatic heterocycles. The molecule has 7 nitrogen and oxygen atoms in total. The van der Waals surface area contributed by atoms with E-state index in [1.807, 2.05) is 25.4 Å². The monoisotopic (exact) mass is 339 g/mol. The van der Waals surface area contributed by atoms with Crippen LogP contribution in [0.15, 0.2) is 30.7 Å². The first-order valence-electron chi connectivity index (χ1n) is 8.60. The molecule has 3 aromatic heterocycles. The van der Waals surface area contributed by atoms with Gasteiger partial charge in [0.05, 0.1) is 11.6 Å². The summed E-state index contributed by atoms with van der Waals surface area (Å²) in [7, 11) is 6.13. The third-order valence-corrected chi connectivity index (χ3v) is 4.39. The molecule has 0 aliphatic carbocycles. The van der Waals surface area contributed by atoms with Crippen LogP contribution in [0, 0.1) is 0 Å². The Bertz CT molecular complexity index is 826. The Morgan fingerprint density at radius 2 is 1.96 bits per heavy atom. The summed E-state index contributed by atoms with van der Waals surface area (Å²) in [5.74, 6) is 1.51. The van der Waals surface area contributed by atoms with Gasteiger partial charge in [-0.3, -0.25) is 9.67 Å². The van der Waals surface area contributed by atoms with Crippen molar-refractivity contribution >= 4 is 16.9 Å². The fourth-order valence-corrected chi connectivity index (χ4v) is 2.88. The van der Waals surface area contributed by atoms with Crippen LogP contribution in [0.5, 0.6) is 0 Å². The van der Waals surface area contributed by atoms with Crippen LogP contribution in [0.2, 0.25) is 0 Å². The normalized spacial score (nSPS) is 12.7. The van der Waals surface area contributed by atoms with Crippen molar-refractivity contribution in [2.24, 2.45) is 7.05 Å². The van der Waals surface area contributed by atoms with Gasteiger partial charge in [0.15, 0.2) is 11.5 Å². The van der Waals surface area contributed by atoms with E-state index in [0.717, 1.165) is 41.8 Å². The standard InChI is InChI=1S/C18H25N7/c1-5-6-14(24(2)3)11-20-17-15-12-21-25(4)18(15)23-16(22-17)13-7-9-19-10-8-13/h7-10,12,14H,5-6,11H2,1-4H3,(H,20,22,23). The van der Waals surface area contributed by atoms with Crippen LogP contribution >= 0.6 is 0 Å². The maximum Gasteiger partial charge on any atom is 0.164 e. The molecule has 0 fully saturated rings. The number of rotatable bonds is 7. The van der Waals surface area contributed by atoms with Crippen molar-refractivity contribution in [2.75, 3.05) is 26.0 Å². The van der Waals surface area contributed by atoms with Gasteiger partial charge in [-0.25, -0.2) is 9.97 Å². The minimum absolute atomic E-state index is 0.455. The fraction of sp³-hybridized carbons (Fsp3) is 0.444. The highest BCUT2D eigenvalue weighted by atomic mass is 15.3. The Balaban J connectivity index is 1.96. The van der Waals surface area contributed by atoms with Crippen molar-refractivity contribution < 1.29 is 0 Å². The van der Waals surface area contributed by atoms with Gasteiger partial charge in [-0.2, -0.15) is 5.10 Å². The van der Waals surface area contributed by atoms with E-state index in [2.05, 4.69) is 46.3 Å². The molecule has 1 N–H and O–H groups in total. The summed E-state index contributed by atoms with van der Waals surface area (Å²) in [6.07, 6.45) is 7.61. The Morgan fingerprint density at radius 1 is 1.20 bits per heavy atom. The Hall–Kier alpha value is -2.54. The molecular formula is C18H25N7. The highest BCUT2D eigenvalue weighted by molar-refractivity contribution is 5.88. The number of likely N-dealkylation sites (N-methyl/N-ethyl adjacent to an activating group) is 1. The van der Waals surface area contributed by atoms with Gasteiger partial charge >= 0.3 is 0 Å². The van der Waals surface area contributed by atoms with Crippen LogP contribution in [-0.4, -0.2) is 56.3 Å². The molecule has 0 bridgehead atoms. The molecule has 1 atom stereocenters. The van der Waals surface area contributed by atoms with Crippen molar-refractivity contribution in [3.63, 3.8) is 0 Å². The molecule has 3 aromatic rings. The maximum absolute atomic E-state index is 4.75. The van der Waals surface area contributed by atoms with Crippen molar-refractivity contribution in [3.05, 3.63) is 30.7 Å². The van der Waals surface area contributed by atoms with E-state index in [9.17, 15) is 0 Å². The largest absolute Gasteiger partial charge is 0.368 e. The van der Waals surface area contributed by atoms with Gasteiger partial charge in [-0.05, 0) is 32.6 Å². The third kappa shape index (κ3) is 3.76. The molecule has 3 heterocycles. The molecule has 0 aromatic carbocycles. The summed E-state index contributed by atoms with van der Waals surface area (Å²) in [6.45, 7) is 3.04. The first-order valence-corrected chi connectivity index (χ1v) is 8.60. The van der Waals surface area contributed by atoms with Crippen LogP contribution in [0.3, 0.4) is 0 Å². The second-order valence-electron chi connectivity index (χ2n) is 6.42. The number of anilines is 1. The van der Waals surface area contributed by atoms with Crippen molar-refractivity contribution in [2.45, 2.75) is 25.8 Å². The molecule has 0 spiro atoms. The van der Waals surface area contributed by atoms with Gasteiger partial charge in [0.25, 0.3) is 0 Å². The van der Waals surface area contributed by atoms with Gasteiger partial charge in [0, 0.05) is 37.6 Å². The maximum atomic E-state index is 4.75. The van der Waals surface area contributed by atoms with E-state index in [-0.39, 0.29) is 0 Å². The number of aryl methyl sites for hydroxylation is 1. The second kappa shape index (κ2) is 7.57. The average Bonchev–Trinajstić information content (AvgIpc) is 3.00. The molecular weight excluding hydrogens is 314 g/mol. The molecule has 0 amide bonds. The summed E-state index contributed by atoms with van der Waals surface area (Å²) in [5.41, 5.74) is 1.76. The van der Waals surface area contributed by atoms with Crippen LogP contribution in [0.25, 0.3) is 22.4 Å². The predicted molar refractivity (Wildman–Crippen MR) is 100 cm³/mol. The SMILES string of the molecule is CCCC(CNc1nc(-c2ccncc2)nc2c1cnn2C)N(C)C. The molecule has 0 aliphatic rings. The minimum Gasteiger partial charge on any atom is -0.368 e. The smallest absolute Gasteiger partial charge is 0.164 e. The molecule has 3 rings (SSSR count). The lowest BCUT2D eigenvalue weighted by Gasteiger charge is -2.24. The zero-order chi connectivity index (χ0) is 17.8. The summed E-state index contributed by atoms with van der Waals surface area (Å²) in [5, 5.41) is 8.80. The molecule has 132 valence electrons. The second-order valence-corrected chi connectivity index (χ2v) is 6.42. The molecule has 7 heteroatoms. The van der Waals surface area contributed by atoms with Gasteiger partial charge in [0.2, 0.25) is 0 Å². The number of nitrogens with one attached hydrogen (secondary N) is 1. The molecule has 0 radical (unpaired) electrons. The van der Waals surface area contributed by atoms with E-state index in [1.54, 1.807) is 17.1 Å². The summed E-state index contributed by atoms with van der Waals surface area (Å²) < 4.78 is 1.78. The minimum atomic E-state index is 0.455. The van der Waals surface area contributed by atoms with Crippen LogP contribution < -0.4 is 5.32 Å². The summed E-state index contributed by atoms with van der Waals surface area (Å²) >= 11 is 0. The Labute approximate surface area is 148 Å². The van der Waals surface area contributed by atoms with Crippen LogP contribution in [-0.2, 0) is 7.05 Å². The molecule has 25 heavy (non-hydrogen) atoms. The van der Waals surface area contributed by atoms with E-state index < -0.39 is 0 Å². The number of nitrogens with zero attached hydrogens (tertiary/aromatic N) is 6. The number of aromatic nitrogens is 5. The highest BCUT2D eigenvalue weighted by Gasteiger charge is 2.15. The van der Waals surface area contributed by atoms with E-state index in [0.29, 0.717) is 11.9 Å². The van der Waals surface area contributed by atoms with Crippen LogP contribution in [0.4, 0.5) is 5.82 Å². The molecule has 0 saturated carbocycles. The zero-order valence-electron chi connectivity index (χ0n) is 15.3. The number of pyridine rings is 1. The lowest BCUT2D eigenvalue weighted by atomic mass is 10.1. The zero-order valence-corrected chi connectivity index (χ0v) is 15.3. The molecule has 1 unspecified atom stereocenters. The first-order chi connectivity index (χ1) is 12.1. The van der Waals surface area contributed by atoms with E-state index >= 15 is 0 Å². The summed E-state index contributed by atoms with van der Waals surface area (Å²) in [4.78, 5) is 15.7. The lowest BCUT2D eigenvalue weighted by Crippen LogP contribution is -2.34. The number of hydrogen-bond donors (Lipinski definition) is 1. The Kier molecular flexibility index (Phi) is 5.23. The Morgan fingerprint density at radius 3 is 2.64 bits per heavy atom. The topological polar surface area (TPSA) is 71.8 Å². The van der Waals surface area contributed by atoms with E-state index in [1.165, 1.54) is 0 Å². The third-order valence-electron chi connectivity index (χ3n) is 4.39. The first kappa shape index (κ1) is 17.3. The summed E-state index contributed by atoms with van der Waals surface area (Å²) in [6, 6.07) is 4.29. The fourth-order valence-electron chi connectivity index (χ4n) is 2.88. The quantitative estimate of drug-likeness (QED) is 0.713. The van der Waals surface area contributed by atoms with Crippen molar-refractivity contribution in [1.82, 2.24) is 29.6 Å². The van der Waals surface area contributed by atoms with Crippen LogP contribution in [0.1, 0.15) is 19.8 Å². The van der Waals surface area contributed by atoms with Crippen molar-refractivity contribution in [1.29, 1.82) is 0 Å². The lowest BCUT2D eigenvalue weighted by molar-refractivity contribution is 0.288. The van der Waals surface area contributed by atoms with Gasteiger partial charge in [0.1, 0.15) is 5.82 Å². The van der Waals surface area contributed by atoms with Gasteiger partial charge in [-0.15, -0.1) is 0 Å². The van der Waals surface area contributed by atoms with E-state index in [4.69, 9.17) is 4.98 Å². The number of fused-ring (bicyclic) bond motifs is 1.